The largest absolute Gasteiger partial charge is 0.326 e. The van der Waals surface area contributed by atoms with Gasteiger partial charge in [0.25, 0.3) is 0 Å². The zero-order valence-corrected chi connectivity index (χ0v) is 13.8. The van der Waals surface area contributed by atoms with Crippen molar-refractivity contribution < 1.29 is 8.42 Å². The minimum absolute atomic E-state index is 0.325. The minimum Gasteiger partial charge on any atom is -0.326 e. The molecule has 1 heterocycles. The molecule has 2 rings (SSSR count). The standard InChI is InChI=1S/C14H22N2O2S2/c1-10-4-5-13(7-15)6-14(10)20(17,18)16-8-11(2)19-12(3)9-16/h4-6,11-12H,7-9,15H2,1-3H3. The first-order chi connectivity index (χ1) is 9.34. The third-order valence-corrected chi connectivity index (χ3v) is 6.69. The van der Waals surface area contributed by atoms with Crippen LogP contribution in [0.1, 0.15) is 25.0 Å². The number of rotatable bonds is 3. The number of aryl methyl sites for hydroxylation is 1. The lowest BCUT2D eigenvalue weighted by molar-refractivity contribution is 0.404. The molecule has 1 aromatic carbocycles. The van der Waals surface area contributed by atoms with E-state index in [4.69, 9.17) is 5.73 Å². The maximum atomic E-state index is 12.8. The second kappa shape index (κ2) is 6.05. The van der Waals surface area contributed by atoms with Gasteiger partial charge in [0.1, 0.15) is 0 Å². The molecule has 1 aromatic rings. The third-order valence-electron chi connectivity index (χ3n) is 3.49. The van der Waals surface area contributed by atoms with E-state index >= 15 is 0 Å². The summed E-state index contributed by atoms with van der Waals surface area (Å²) in [5.41, 5.74) is 7.25. The Morgan fingerprint density at radius 3 is 2.45 bits per heavy atom. The summed E-state index contributed by atoms with van der Waals surface area (Å²) in [6.45, 7) is 7.48. The van der Waals surface area contributed by atoms with Crippen molar-refractivity contribution in [2.45, 2.75) is 42.7 Å². The molecule has 0 amide bonds. The summed E-state index contributed by atoms with van der Waals surface area (Å²) in [6, 6.07) is 5.42. The Morgan fingerprint density at radius 1 is 1.30 bits per heavy atom. The van der Waals surface area contributed by atoms with Gasteiger partial charge in [0.05, 0.1) is 4.90 Å². The average Bonchev–Trinajstić information content (AvgIpc) is 2.38. The zero-order valence-electron chi connectivity index (χ0n) is 12.2. The lowest BCUT2D eigenvalue weighted by Crippen LogP contribution is -2.44. The smallest absolute Gasteiger partial charge is 0.243 e. The monoisotopic (exact) mass is 314 g/mol. The first-order valence-electron chi connectivity index (χ1n) is 6.79. The number of hydrogen-bond acceptors (Lipinski definition) is 4. The second-order valence-electron chi connectivity index (χ2n) is 5.38. The highest BCUT2D eigenvalue weighted by Crippen LogP contribution is 2.30. The van der Waals surface area contributed by atoms with Gasteiger partial charge in [-0.25, -0.2) is 8.42 Å². The molecule has 6 heteroatoms. The van der Waals surface area contributed by atoms with Crippen LogP contribution >= 0.6 is 11.8 Å². The number of benzene rings is 1. The Hall–Kier alpha value is -0.560. The summed E-state index contributed by atoms with van der Waals surface area (Å²) in [7, 11) is -3.43. The Kier molecular flexibility index (Phi) is 4.79. The summed E-state index contributed by atoms with van der Waals surface area (Å²) in [5.74, 6) is 0. The molecule has 1 aliphatic rings. The van der Waals surface area contributed by atoms with Crippen molar-refractivity contribution in [3.63, 3.8) is 0 Å². The highest BCUT2D eigenvalue weighted by Gasteiger charge is 2.32. The summed E-state index contributed by atoms with van der Waals surface area (Å²) in [4.78, 5) is 0.395. The maximum absolute atomic E-state index is 12.8. The van der Waals surface area contributed by atoms with Crippen LogP contribution in [0.5, 0.6) is 0 Å². The fourth-order valence-electron chi connectivity index (χ4n) is 2.52. The van der Waals surface area contributed by atoms with E-state index in [1.165, 1.54) is 0 Å². The highest BCUT2D eigenvalue weighted by atomic mass is 32.2. The van der Waals surface area contributed by atoms with Crippen LogP contribution in [0.25, 0.3) is 0 Å². The molecule has 2 unspecified atom stereocenters. The van der Waals surface area contributed by atoms with Gasteiger partial charge < -0.3 is 5.73 Å². The average molecular weight is 314 g/mol. The van der Waals surface area contributed by atoms with E-state index in [0.29, 0.717) is 35.0 Å². The molecule has 0 saturated carbocycles. The summed E-state index contributed by atoms with van der Waals surface area (Å²) < 4.78 is 27.3. The number of nitrogens with two attached hydrogens (primary N) is 1. The molecule has 0 spiro atoms. The molecular formula is C14H22N2O2S2. The normalized spacial score (nSPS) is 24.8. The van der Waals surface area contributed by atoms with Crippen LogP contribution in [0.2, 0.25) is 0 Å². The fraction of sp³-hybridized carbons (Fsp3) is 0.571. The van der Waals surface area contributed by atoms with Crippen molar-refractivity contribution in [3.8, 4) is 0 Å². The lowest BCUT2D eigenvalue weighted by atomic mass is 10.1. The molecule has 0 aliphatic carbocycles. The van der Waals surface area contributed by atoms with Gasteiger partial charge in [0.2, 0.25) is 10.0 Å². The van der Waals surface area contributed by atoms with Gasteiger partial charge >= 0.3 is 0 Å². The third kappa shape index (κ3) is 3.19. The zero-order chi connectivity index (χ0) is 14.9. The number of sulfonamides is 1. The van der Waals surface area contributed by atoms with Crippen LogP contribution in [0.4, 0.5) is 0 Å². The van der Waals surface area contributed by atoms with Crippen molar-refractivity contribution in [2.24, 2.45) is 5.73 Å². The molecule has 0 aromatic heterocycles. The van der Waals surface area contributed by atoms with Gasteiger partial charge in [-0.05, 0) is 24.1 Å². The van der Waals surface area contributed by atoms with Gasteiger partial charge in [-0.15, -0.1) is 0 Å². The molecular weight excluding hydrogens is 292 g/mol. The van der Waals surface area contributed by atoms with Gasteiger partial charge in [0.15, 0.2) is 0 Å². The first-order valence-corrected chi connectivity index (χ1v) is 9.18. The van der Waals surface area contributed by atoms with E-state index in [0.717, 1.165) is 11.1 Å². The first kappa shape index (κ1) is 15.8. The summed E-state index contributed by atoms with van der Waals surface area (Å²) >= 11 is 1.84. The molecule has 4 nitrogen and oxygen atoms in total. The van der Waals surface area contributed by atoms with Gasteiger partial charge in [0, 0.05) is 30.1 Å². The van der Waals surface area contributed by atoms with Crippen LogP contribution in [-0.4, -0.2) is 36.3 Å². The fourth-order valence-corrected chi connectivity index (χ4v) is 5.92. The van der Waals surface area contributed by atoms with E-state index in [1.807, 2.05) is 30.8 Å². The Labute approximate surface area is 125 Å². The summed E-state index contributed by atoms with van der Waals surface area (Å²) in [6.07, 6.45) is 0. The van der Waals surface area contributed by atoms with Gasteiger partial charge in [-0.1, -0.05) is 26.0 Å². The molecule has 1 fully saturated rings. The van der Waals surface area contributed by atoms with Crippen LogP contribution < -0.4 is 5.73 Å². The number of nitrogens with zero attached hydrogens (tertiary/aromatic N) is 1. The van der Waals surface area contributed by atoms with E-state index in [-0.39, 0.29) is 0 Å². The van der Waals surface area contributed by atoms with E-state index in [9.17, 15) is 8.42 Å². The summed E-state index contributed by atoms with van der Waals surface area (Å²) in [5, 5.41) is 0.651. The van der Waals surface area contributed by atoms with Crippen molar-refractivity contribution in [3.05, 3.63) is 29.3 Å². The SMILES string of the molecule is Cc1ccc(CN)cc1S(=O)(=O)N1CC(C)SC(C)C1. The molecule has 20 heavy (non-hydrogen) atoms. The molecule has 1 saturated heterocycles. The Bertz CT molecular complexity index is 577. The molecule has 0 radical (unpaired) electrons. The van der Waals surface area contributed by atoms with Crippen LogP contribution in [0.15, 0.2) is 23.1 Å². The minimum atomic E-state index is -3.43. The van der Waals surface area contributed by atoms with Crippen LogP contribution in [0.3, 0.4) is 0 Å². The second-order valence-corrected chi connectivity index (χ2v) is 9.17. The van der Waals surface area contributed by atoms with E-state index in [1.54, 1.807) is 10.4 Å². The predicted octanol–water partition coefficient (Wildman–Crippen LogP) is 1.97. The molecule has 2 atom stereocenters. The van der Waals surface area contributed by atoms with Crippen LogP contribution in [-0.2, 0) is 16.6 Å². The lowest BCUT2D eigenvalue weighted by Gasteiger charge is -2.34. The van der Waals surface area contributed by atoms with Gasteiger partial charge in [-0.3, -0.25) is 0 Å². The number of thioether (sulfide) groups is 1. The van der Waals surface area contributed by atoms with Crippen molar-refractivity contribution >= 4 is 21.8 Å². The van der Waals surface area contributed by atoms with Crippen molar-refractivity contribution in [1.82, 2.24) is 4.31 Å². The molecule has 1 aliphatic heterocycles. The quantitative estimate of drug-likeness (QED) is 0.926. The van der Waals surface area contributed by atoms with Crippen LogP contribution in [0, 0.1) is 6.92 Å². The van der Waals surface area contributed by atoms with Crippen molar-refractivity contribution in [1.29, 1.82) is 0 Å². The number of hydrogen-bond donors (Lipinski definition) is 1. The highest BCUT2D eigenvalue weighted by molar-refractivity contribution is 8.00. The van der Waals surface area contributed by atoms with Crippen molar-refractivity contribution in [2.75, 3.05) is 13.1 Å². The molecule has 2 N–H and O–H groups in total. The Balaban J connectivity index is 2.39. The topological polar surface area (TPSA) is 63.4 Å². The molecule has 112 valence electrons. The van der Waals surface area contributed by atoms with Gasteiger partial charge in [-0.2, -0.15) is 16.1 Å². The Morgan fingerprint density at radius 2 is 1.90 bits per heavy atom. The predicted molar refractivity (Wildman–Crippen MR) is 84.3 cm³/mol. The molecule has 0 bridgehead atoms. The van der Waals surface area contributed by atoms with E-state index < -0.39 is 10.0 Å². The van der Waals surface area contributed by atoms with E-state index in [2.05, 4.69) is 13.8 Å². The maximum Gasteiger partial charge on any atom is 0.243 e.